The maximum atomic E-state index is 13.0. The van der Waals surface area contributed by atoms with Crippen LogP contribution in [-0.4, -0.2) is 94.6 Å². The molecule has 0 spiro atoms. The number of nitrogens with two attached hydrogens (primary N) is 1. The Balaban J connectivity index is 1.90. The van der Waals surface area contributed by atoms with E-state index in [-0.39, 0.29) is 15.1 Å². The van der Waals surface area contributed by atoms with Crippen molar-refractivity contribution in [1.82, 2.24) is 29.6 Å². The van der Waals surface area contributed by atoms with Gasteiger partial charge in [-0.25, -0.2) is 23.6 Å². The second kappa shape index (κ2) is 9.47. The normalized spacial score (nSPS) is 18.5. The Bertz CT molecular complexity index is 1360. The van der Waals surface area contributed by atoms with Crippen LogP contribution in [0.3, 0.4) is 0 Å². The van der Waals surface area contributed by atoms with E-state index in [2.05, 4.69) is 25.8 Å². The van der Waals surface area contributed by atoms with Gasteiger partial charge in [-0.1, -0.05) is 10.4 Å². The van der Waals surface area contributed by atoms with Gasteiger partial charge in [0.15, 0.2) is 16.5 Å². The van der Waals surface area contributed by atoms with Crippen LogP contribution < -0.4 is 11.1 Å². The number of nitrogens with zero attached hydrogens (tertiary/aromatic N) is 6. The molecule has 18 nitrogen and oxygen atoms in total. The van der Waals surface area contributed by atoms with E-state index in [4.69, 9.17) is 15.7 Å². The van der Waals surface area contributed by atoms with Crippen LogP contribution >= 0.6 is 11.3 Å². The van der Waals surface area contributed by atoms with Gasteiger partial charge in [-0.15, -0.1) is 16.4 Å². The summed E-state index contributed by atoms with van der Waals surface area (Å²) in [4.78, 5) is 56.6. The van der Waals surface area contributed by atoms with Crippen molar-refractivity contribution in [2.45, 2.75) is 38.1 Å². The number of hydrogen-bond acceptors (Lipinski definition) is 13. The van der Waals surface area contributed by atoms with E-state index < -0.39 is 69.7 Å². The SMILES string of the molecule is CC(C)(ON=C(C(=O)NC1C(=O)N(S(=O)(=O)O)C1Cn1cc(C(=O)O)nn1)c1csc(N)n1)C(=O)O. The van der Waals surface area contributed by atoms with E-state index in [1.54, 1.807) is 0 Å². The van der Waals surface area contributed by atoms with Crippen molar-refractivity contribution in [2.24, 2.45) is 5.16 Å². The molecule has 0 aromatic carbocycles. The molecule has 2 atom stereocenters. The standard InChI is InChI=1S/C16H18N8O10S2/c1-16(2,14(29)30)34-21-9(7-5-35-15(17)18-7)11(25)19-10-8(24(12(10)26)36(31,32)33)4-23-3-6(13(27)28)20-22-23/h3,5,8,10H,4H2,1-2H3,(H2,17,18)(H,19,25)(H,27,28)(H,29,30)(H,31,32,33). The zero-order valence-electron chi connectivity index (χ0n) is 18.3. The van der Waals surface area contributed by atoms with E-state index in [0.29, 0.717) is 0 Å². The zero-order valence-corrected chi connectivity index (χ0v) is 19.9. The largest absolute Gasteiger partial charge is 0.478 e. The predicted molar refractivity (Wildman–Crippen MR) is 117 cm³/mol. The number of aromatic carboxylic acids is 1. The Morgan fingerprint density at radius 1 is 1.31 bits per heavy atom. The van der Waals surface area contributed by atoms with E-state index >= 15 is 0 Å². The van der Waals surface area contributed by atoms with Crippen molar-refractivity contribution in [3.05, 3.63) is 23.0 Å². The molecule has 2 aromatic rings. The van der Waals surface area contributed by atoms with Crippen LogP contribution in [-0.2, 0) is 36.1 Å². The number of anilines is 1. The second-order valence-corrected chi connectivity index (χ2v) is 9.86. The number of carbonyl (C=O) groups excluding carboxylic acids is 2. The lowest BCUT2D eigenvalue weighted by Crippen LogP contribution is -2.73. The molecule has 2 amide bonds. The first-order chi connectivity index (χ1) is 16.6. The summed E-state index contributed by atoms with van der Waals surface area (Å²) in [6.07, 6.45) is 0.943. The highest BCUT2D eigenvalue weighted by molar-refractivity contribution is 7.84. The number of oxime groups is 1. The lowest BCUT2D eigenvalue weighted by Gasteiger charge is -2.43. The Morgan fingerprint density at radius 2 is 1.97 bits per heavy atom. The van der Waals surface area contributed by atoms with Crippen LogP contribution in [0, 0.1) is 0 Å². The van der Waals surface area contributed by atoms with Crippen LogP contribution in [0.15, 0.2) is 16.7 Å². The molecule has 20 heteroatoms. The number of rotatable bonds is 10. The van der Waals surface area contributed by atoms with Gasteiger partial charge in [-0.05, 0) is 13.8 Å². The molecule has 0 radical (unpaired) electrons. The van der Waals surface area contributed by atoms with Gasteiger partial charge < -0.3 is 26.1 Å². The number of carboxylic acid groups (broad SMARTS) is 2. The van der Waals surface area contributed by atoms with Crippen LogP contribution in [0.2, 0.25) is 0 Å². The highest BCUT2D eigenvalue weighted by atomic mass is 32.2. The van der Waals surface area contributed by atoms with Crippen molar-refractivity contribution in [1.29, 1.82) is 0 Å². The molecule has 3 rings (SSSR count). The molecule has 0 saturated carbocycles. The summed E-state index contributed by atoms with van der Waals surface area (Å²) in [7, 11) is -5.06. The zero-order chi connectivity index (χ0) is 27.0. The fourth-order valence-corrected chi connectivity index (χ4v) is 4.25. The van der Waals surface area contributed by atoms with Gasteiger partial charge in [0.1, 0.15) is 11.7 Å². The highest BCUT2D eigenvalue weighted by Gasteiger charge is 2.54. The minimum Gasteiger partial charge on any atom is -0.478 e. The van der Waals surface area contributed by atoms with Gasteiger partial charge in [-0.2, -0.15) is 8.42 Å². The van der Waals surface area contributed by atoms with Crippen LogP contribution in [0.4, 0.5) is 5.13 Å². The van der Waals surface area contributed by atoms with Crippen LogP contribution in [0.1, 0.15) is 30.0 Å². The maximum Gasteiger partial charge on any atom is 0.362 e. The van der Waals surface area contributed by atoms with E-state index in [0.717, 1.165) is 36.1 Å². The lowest BCUT2D eigenvalue weighted by molar-refractivity contribution is -0.161. The summed E-state index contributed by atoms with van der Waals surface area (Å²) in [5.74, 6) is -5.17. The van der Waals surface area contributed by atoms with Crippen molar-refractivity contribution >= 4 is 56.2 Å². The molecule has 1 fully saturated rings. The molecule has 2 unspecified atom stereocenters. The maximum absolute atomic E-state index is 13.0. The topological polar surface area (TPSA) is 270 Å². The van der Waals surface area contributed by atoms with Gasteiger partial charge in [0.2, 0.25) is 5.60 Å². The fourth-order valence-electron chi connectivity index (χ4n) is 2.83. The summed E-state index contributed by atoms with van der Waals surface area (Å²) < 4.78 is 33.8. The number of aromatic nitrogens is 4. The summed E-state index contributed by atoms with van der Waals surface area (Å²) in [5, 5.41) is 32.1. The van der Waals surface area contributed by atoms with Gasteiger partial charge in [0.25, 0.3) is 11.8 Å². The van der Waals surface area contributed by atoms with Crippen molar-refractivity contribution in [3.8, 4) is 0 Å². The first kappa shape index (κ1) is 26.4. The number of amides is 2. The third-order valence-electron chi connectivity index (χ3n) is 4.70. The third-order valence-corrected chi connectivity index (χ3v) is 6.32. The first-order valence-electron chi connectivity index (χ1n) is 9.57. The smallest absolute Gasteiger partial charge is 0.362 e. The van der Waals surface area contributed by atoms with Gasteiger partial charge in [0.05, 0.1) is 18.8 Å². The Kier molecular flexibility index (Phi) is 6.95. The minimum atomic E-state index is -5.06. The average molecular weight is 547 g/mol. The molecule has 0 bridgehead atoms. The highest BCUT2D eigenvalue weighted by Crippen LogP contribution is 2.25. The van der Waals surface area contributed by atoms with Crippen molar-refractivity contribution in [2.75, 3.05) is 5.73 Å². The van der Waals surface area contributed by atoms with E-state index in [9.17, 15) is 37.3 Å². The van der Waals surface area contributed by atoms with Gasteiger partial charge >= 0.3 is 22.2 Å². The van der Waals surface area contributed by atoms with Crippen LogP contribution in [0.5, 0.6) is 0 Å². The molecule has 6 N–H and O–H groups in total. The molecule has 1 saturated heterocycles. The summed E-state index contributed by atoms with van der Waals surface area (Å²) in [6, 6.07) is -3.01. The molecule has 1 aliphatic heterocycles. The Hall–Kier alpha value is -4.17. The number of aliphatic carboxylic acids is 1. The molecular weight excluding hydrogens is 528 g/mol. The Morgan fingerprint density at radius 3 is 2.47 bits per heavy atom. The quantitative estimate of drug-likeness (QED) is 0.0915. The van der Waals surface area contributed by atoms with E-state index in [1.165, 1.54) is 5.38 Å². The fraction of sp³-hybridized carbons (Fsp3) is 0.375. The number of β-lactam (4-membered cyclic amide) rings is 1. The number of hydrogen-bond donors (Lipinski definition) is 5. The predicted octanol–water partition coefficient (Wildman–Crippen LogP) is -2.20. The monoisotopic (exact) mass is 546 g/mol. The average Bonchev–Trinajstić information content (AvgIpc) is 3.40. The first-order valence-corrected chi connectivity index (χ1v) is 11.9. The third kappa shape index (κ3) is 5.39. The number of carbonyl (C=O) groups is 4. The van der Waals surface area contributed by atoms with Crippen molar-refractivity contribution in [3.63, 3.8) is 0 Å². The molecular formula is C16H18N8O10S2. The van der Waals surface area contributed by atoms with Crippen molar-refractivity contribution < 1.29 is 47.2 Å². The van der Waals surface area contributed by atoms with E-state index in [1.807, 2.05) is 0 Å². The Labute approximate surface area is 205 Å². The minimum absolute atomic E-state index is 0.0264. The number of nitrogens with one attached hydrogen (secondary N) is 1. The molecule has 36 heavy (non-hydrogen) atoms. The van der Waals surface area contributed by atoms with Crippen LogP contribution in [0.25, 0.3) is 0 Å². The summed E-state index contributed by atoms with van der Waals surface area (Å²) in [6.45, 7) is 1.82. The molecule has 1 aliphatic rings. The second-order valence-electron chi connectivity index (χ2n) is 7.68. The number of nitrogen functional groups attached to an aromatic ring is 1. The number of carboxylic acids is 2. The molecule has 194 valence electrons. The lowest BCUT2D eigenvalue weighted by atomic mass is 9.98. The van der Waals surface area contributed by atoms with Gasteiger partial charge in [0, 0.05) is 5.38 Å². The van der Waals surface area contributed by atoms with Gasteiger partial charge in [-0.3, -0.25) is 14.1 Å². The number of thiazole rings is 1. The molecule has 2 aromatic heterocycles. The summed E-state index contributed by atoms with van der Waals surface area (Å²) in [5.41, 5.74) is 2.53. The summed E-state index contributed by atoms with van der Waals surface area (Å²) >= 11 is 0.920. The molecule has 3 heterocycles. The molecule has 0 aliphatic carbocycles.